The van der Waals surface area contributed by atoms with Crippen LogP contribution in [-0.2, 0) is 6.42 Å². The SMILES string of the molecule is Cc1ccc(C)c(CC(C#N)c2ccc(F)cc2)c1. The number of hydrogen-bond acceptors (Lipinski definition) is 1. The van der Waals surface area contributed by atoms with Crippen molar-refractivity contribution >= 4 is 0 Å². The lowest BCUT2D eigenvalue weighted by molar-refractivity contribution is 0.626. The quantitative estimate of drug-likeness (QED) is 0.800. The molecule has 0 fully saturated rings. The molecule has 0 aromatic heterocycles. The van der Waals surface area contributed by atoms with Gasteiger partial charge in [0.05, 0.1) is 12.0 Å². The summed E-state index contributed by atoms with van der Waals surface area (Å²) in [5.41, 5.74) is 4.42. The third kappa shape index (κ3) is 3.20. The van der Waals surface area contributed by atoms with Crippen molar-refractivity contribution in [1.29, 1.82) is 5.26 Å². The molecule has 96 valence electrons. The molecule has 0 saturated carbocycles. The Kier molecular flexibility index (Phi) is 3.97. The second kappa shape index (κ2) is 5.67. The molecule has 2 rings (SSSR count). The van der Waals surface area contributed by atoms with Gasteiger partial charge in [-0.15, -0.1) is 0 Å². The van der Waals surface area contributed by atoms with Gasteiger partial charge in [-0.3, -0.25) is 0 Å². The molecular formula is C17H16FN. The molecule has 19 heavy (non-hydrogen) atoms. The maximum atomic E-state index is 12.9. The van der Waals surface area contributed by atoms with Gasteiger partial charge in [0.2, 0.25) is 0 Å². The third-order valence-corrected chi connectivity index (χ3v) is 3.36. The van der Waals surface area contributed by atoms with Crippen LogP contribution in [0.2, 0.25) is 0 Å². The molecule has 0 spiro atoms. The van der Waals surface area contributed by atoms with Crippen LogP contribution >= 0.6 is 0 Å². The fourth-order valence-electron chi connectivity index (χ4n) is 2.17. The van der Waals surface area contributed by atoms with E-state index >= 15 is 0 Å². The maximum absolute atomic E-state index is 12.9. The molecule has 0 amide bonds. The molecule has 1 atom stereocenters. The minimum atomic E-state index is -0.271. The monoisotopic (exact) mass is 253 g/mol. The van der Waals surface area contributed by atoms with E-state index in [9.17, 15) is 9.65 Å². The summed E-state index contributed by atoms with van der Waals surface area (Å²) in [6, 6.07) is 14.8. The van der Waals surface area contributed by atoms with Crippen molar-refractivity contribution in [3.63, 3.8) is 0 Å². The van der Waals surface area contributed by atoms with E-state index in [-0.39, 0.29) is 11.7 Å². The molecule has 1 nitrogen and oxygen atoms in total. The van der Waals surface area contributed by atoms with Crippen LogP contribution in [0.4, 0.5) is 4.39 Å². The van der Waals surface area contributed by atoms with Crippen molar-refractivity contribution in [3.8, 4) is 6.07 Å². The number of nitriles is 1. The molecule has 0 aliphatic carbocycles. The second-order valence-corrected chi connectivity index (χ2v) is 4.87. The molecule has 0 radical (unpaired) electrons. The van der Waals surface area contributed by atoms with Gasteiger partial charge in [0, 0.05) is 0 Å². The highest BCUT2D eigenvalue weighted by Gasteiger charge is 2.13. The summed E-state index contributed by atoms with van der Waals surface area (Å²) in [5, 5.41) is 9.33. The number of benzene rings is 2. The van der Waals surface area contributed by atoms with Crippen molar-refractivity contribution in [3.05, 3.63) is 70.5 Å². The van der Waals surface area contributed by atoms with Gasteiger partial charge in [-0.1, -0.05) is 35.9 Å². The highest BCUT2D eigenvalue weighted by molar-refractivity contribution is 5.35. The minimum Gasteiger partial charge on any atom is -0.207 e. The van der Waals surface area contributed by atoms with E-state index in [1.807, 2.05) is 13.8 Å². The van der Waals surface area contributed by atoms with E-state index in [2.05, 4.69) is 24.3 Å². The zero-order valence-corrected chi connectivity index (χ0v) is 11.2. The van der Waals surface area contributed by atoms with Gasteiger partial charge in [0.25, 0.3) is 0 Å². The average molecular weight is 253 g/mol. The van der Waals surface area contributed by atoms with E-state index in [0.717, 1.165) is 5.56 Å². The zero-order chi connectivity index (χ0) is 13.8. The van der Waals surface area contributed by atoms with Gasteiger partial charge >= 0.3 is 0 Å². The predicted octanol–water partition coefficient (Wildman–Crippen LogP) is 4.29. The highest BCUT2D eigenvalue weighted by Crippen LogP contribution is 2.23. The first-order valence-corrected chi connectivity index (χ1v) is 6.31. The second-order valence-electron chi connectivity index (χ2n) is 4.87. The number of halogens is 1. The summed E-state index contributed by atoms with van der Waals surface area (Å²) < 4.78 is 12.9. The van der Waals surface area contributed by atoms with Crippen LogP contribution in [0.15, 0.2) is 42.5 Å². The molecule has 0 saturated heterocycles. The van der Waals surface area contributed by atoms with Crippen LogP contribution in [0.25, 0.3) is 0 Å². The van der Waals surface area contributed by atoms with Gasteiger partial charge in [-0.2, -0.15) is 5.26 Å². The Morgan fingerprint density at radius 3 is 2.42 bits per heavy atom. The third-order valence-electron chi connectivity index (χ3n) is 3.36. The normalized spacial score (nSPS) is 11.9. The standard InChI is InChI=1S/C17H16FN/c1-12-3-4-13(2)15(9-12)10-16(11-19)14-5-7-17(18)8-6-14/h3-9,16H,10H2,1-2H3. The van der Waals surface area contributed by atoms with E-state index in [1.54, 1.807) is 12.1 Å². The molecule has 2 aromatic carbocycles. The zero-order valence-electron chi connectivity index (χ0n) is 11.2. The lowest BCUT2D eigenvalue weighted by atomic mass is 9.90. The van der Waals surface area contributed by atoms with Gasteiger partial charge in [0.15, 0.2) is 0 Å². The first kappa shape index (κ1) is 13.3. The Bertz CT molecular complexity index is 608. The van der Waals surface area contributed by atoms with Gasteiger partial charge in [-0.05, 0) is 49.1 Å². The molecule has 1 unspecified atom stereocenters. The maximum Gasteiger partial charge on any atom is 0.123 e. The van der Waals surface area contributed by atoms with Crippen molar-refractivity contribution in [2.24, 2.45) is 0 Å². The fraction of sp³-hybridized carbons (Fsp3) is 0.235. The van der Waals surface area contributed by atoms with E-state index in [1.165, 1.54) is 28.8 Å². The molecule has 0 aliphatic rings. The molecular weight excluding hydrogens is 237 g/mol. The summed E-state index contributed by atoms with van der Waals surface area (Å²) in [6.45, 7) is 4.09. The van der Waals surface area contributed by atoms with Crippen LogP contribution < -0.4 is 0 Å². The minimum absolute atomic E-state index is 0.235. The number of nitrogens with zero attached hydrogens (tertiary/aromatic N) is 1. The van der Waals surface area contributed by atoms with Crippen molar-refractivity contribution in [2.45, 2.75) is 26.2 Å². The summed E-state index contributed by atoms with van der Waals surface area (Å²) >= 11 is 0. The van der Waals surface area contributed by atoms with Crippen molar-refractivity contribution < 1.29 is 4.39 Å². The summed E-state index contributed by atoms with van der Waals surface area (Å²) in [5.74, 6) is -0.506. The molecule has 0 aliphatic heterocycles. The Morgan fingerprint density at radius 2 is 1.79 bits per heavy atom. The summed E-state index contributed by atoms with van der Waals surface area (Å²) in [7, 11) is 0. The van der Waals surface area contributed by atoms with Crippen LogP contribution in [-0.4, -0.2) is 0 Å². The molecule has 2 heteroatoms. The van der Waals surface area contributed by atoms with Gasteiger partial charge < -0.3 is 0 Å². The first-order chi connectivity index (χ1) is 9.10. The van der Waals surface area contributed by atoms with Gasteiger partial charge in [0.1, 0.15) is 5.82 Å². The Balaban J connectivity index is 2.27. The van der Waals surface area contributed by atoms with Gasteiger partial charge in [-0.25, -0.2) is 4.39 Å². The predicted molar refractivity (Wildman–Crippen MR) is 74.4 cm³/mol. The number of hydrogen-bond donors (Lipinski definition) is 0. The molecule has 2 aromatic rings. The number of rotatable bonds is 3. The summed E-state index contributed by atoms with van der Waals surface area (Å²) in [4.78, 5) is 0. The van der Waals surface area contributed by atoms with Crippen LogP contribution in [0.3, 0.4) is 0 Å². The topological polar surface area (TPSA) is 23.8 Å². The van der Waals surface area contributed by atoms with E-state index in [4.69, 9.17) is 0 Å². The molecule has 0 bridgehead atoms. The fourth-order valence-corrected chi connectivity index (χ4v) is 2.17. The van der Waals surface area contributed by atoms with E-state index < -0.39 is 0 Å². The van der Waals surface area contributed by atoms with Crippen molar-refractivity contribution in [2.75, 3.05) is 0 Å². The van der Waals surface area contributed by atoms with Crippen LogP contribution in [0, 0.1) is 31.0 Å². The Labute approximate surface area is 113 Å². The Hall–Kier alpha value is -2.14. The number of aryl methyl sites for hydroxylation is 2. The van der Waals surface area contributed by atoms with Crippen LogP contribution in [0.1, 0.15) is 28.2 Å². The first-order valence-electron chi connectivity index (χ1n) is 6.31. The molecule has 0 heterocycles. The Morgan fingerprint density at radius 1 is 1.11 bits per heavy atom. The largest absolute Gasteiger partial charge is 0.207 e. The average Bonchev–Trinajstić information content (AvgIpc) is 2.41. The highest BCUT2D eigenvalue weighted by atomic mass is 19.1. The summed E-state index contributed by atoms with van der Waals surface area (Å²) in [6.07, 6.45) is 0.662. The lowest BCUT2D eigenvalue weighted by Crippen LogP contribution is -2.02. The lowest BCUT2D eigenvalue weighted by Gasteiger charge is -2.12. The molecule has 0 N–H and O–H groups in total. The smallest absolute Gasteiger partial charge is 0.123 e. The van der Waals surface area contributed by atoms with Crippen molar-refractivity contribution in [1.82, 2.24) is 0 Å². The van der Waals surface area contributed by atoms with E-state index in [0.29, 0.717) is 6.42 Å². The van der Waals surface area contributed by atoms with Crippen LogP contribution in [0.5, 0.6) is 0 Å².